The van der Waals surface area contributed by atoms with Gasteiger partial charge >= 0.3 is 0 Å². The average molecular weight is 202 g/mol. The minimum Gasteiger partial charge on any atom is -0.508 e. The van der Waals surface area contributed by atoms with Gasteiger partial charge in [0.1, 0.15) is 5.75 Å². The average Bonchev–Trinajstić information content (AvgIpc) is 2.04. The number of nitrogens with two attached hydrogens (primary N) is 1. The van der Waals surface area contributed by atoms with Crippen molar-refractivity contribution in [3.8, 4) is 5.75 Å². The Balaban J connectivity index is 2.88. The number of hydrogen-bond acceptors (Lipinski definition) is 3. The number of hydrogen-bond donors (Lipinski definition) is 3. The van der Waals surface area contributed by atoms with Gasteiger partial charge in [-0.15, -0.1) is 0 Å². The molecule has 3 nitrogen and oxygen atoms in total. The molecule has 0 aliphatic carbocycles. The van der Waals surface area contributed by atoms with E-state index in [9.17, 15) is 5.11 Å². The van der Waals surface area contributed by atoms with Gasteiger partial charge in [0.15, 0.2) is 0 Å². The van der Waals surface area contributed by atoms with Gasteiger partial charge in [-0.1, -0.05) is 17.7 Å². The topological polar surface area (TPSA) is 66.5 Å². The molecule has 1 aromatic carbocycles. The van der Waals surface area contributed by atoms with Crippen molar-refractivity contribution in [3.05, 3.63) is 28.8 Å². The highest BCUT2D eigenvalue weighted by molar-refractivity contribution is 6.31. The molecule has 4 N–H and O–H groups in total. The van der Waals surface area contributed by atoms with Crippen molar-refractivity contribution >= 4 is 11.6 Å². The van der Waals surface area contributed by atoms with Crippen LogP contribution in [0.25, 0.3) is 0 Å². The Kier molecular flexibility index (Phi) is 3.54. The summed E-state index contributed by atoms with van der Waals surface area (Å²) in [6.07, 6.45) is -0.192. The summed E-state index contributed by atoms with van der Waals surface area (Å²) < 4.78 is 0. The fourth-order valence-corrected chi connectivity index (χ4v) is 1.40. The number of benzene rings is 1. The van der Waals surface area contributed by atoms with Crippen molar-refractivity contribution < 1.29 is 10.2 Å². The first-order chi connectivity index (χ1) is 6.15. The molecular formula is C9H12ClNO2. The van der Waals surface area contributed by atoms with Gasteiger partial charge in [0.05, 0.1) is 11.1 Å². The smallest absolute Gasteiger partial charge is 0.117 e. The zero-order chi connectivity index (χ0) is 9.84. The highest BCUT2D eigenvalue weighted by atomic mass is 35.5. The lowest BCUT2D eigenvalue weighted by Gasteiger charge is -2.11. The van der Waals surface area contributed by atoms with Crippen LogP contribution >= 0.6 is 11.6 Å². The van der Waals surface area contributed by atoms with Crippen molar-refractivity contribution in [3.63, 3.8) is 0 Å². The van der Waals surface area contributed by atoms with Gasteiger partial charge in [0.25, 0.3) is 0 Å². The molecule has 0 radical (unpaired) electrons. The van der Waals surface area contributed by atoms with E-state index in [0.717, 1.165) is 0 Å². The van der Waals surface area contributed by atoms with Crippen LogP contribution < -0.4 is 5.73 Å². The molecule has 0 amide bonds. The number of phenolic OH excluding ortho intramolecular Hbond substituents is 1. The number of aliphatic hydroxyl groups excluding tert-OH is 1. The minimum atomic E-state index is -0.655. The summed E-state index contributed by atoms with van der Waals surface area (Å²) in [6.45, 7) is 0.401. The van der Waals surface area contributed by atoms with Gasteiger partial charge in [-0.2, -0.15) is 0 Å². The predicted octanol–water partition coefficient (Wildman–Crippen LogP) is 1.43. The van der Waals surface area contributed by atoms with E-state index in [1.54, 1.807) is 6.07 Å². The van der Waals surface area contributed by atoms with Crippen molar-refractivity contribution in [1.29, 1.82) is 0 Å². The van der Waals surface area contributed by atoms with E-state index < -0.39 is 6.10 Å². The number of rotatable bonds is 3. The molecule has 0 saturated carbocycles. The predicted molar refractivity (Wildman–Crippen MR) is 51.7 cm³/mol. The lowest BCUT2D eigenvalue weighted by atomic mass is 10.1. The first-order valence-corrected chi connectivity index (χ1v) is 4.39. The third-order valence-electron chi connectivity index (χ3n) is 1.78. The molecule has 1 aromatic rings. The van der Waals surface area contributed by atoms with E-state index in [2.05, 4.69) is 0 Å². The zero-order valence-electron chi connectivity index (χ0n) is 7.07. The molecule has 0 aliphatic heterocycles. The normalized spacial score (nSPS) is 12.8. The van der Waals surface area contributed by atoms with Crippen LogP contribution in [0.3, 0.4) is 0 Å². The molecule has 0 saturated heterocycles. The Morgan fingerprint density at radius 2 is 2.15 bits per heavy atom. The van der Waals surface area contributed by atoms with Gasteiger partial charge < -0.3 is 15.9 Å². The quantitative estimate of drug-likeness (QED) is 0.693. The molecule has 4 heteroatoms. The summed E-state index contributed by atoms with van der Waals surface area (Å²) in [7, 11) is 0. The number of halogens is 1. The molecule has 0 fully saturated rings. The molecule has 0 spiro atoms. The summed E-state index contributed by atoms with van der Waals surface area (Å²) >= 11 is 5.80. The summed E-state index contributed by atoms with van der Waals surface area (Å²) in [6, 6.07) is 4.48. The number of aromatic hydroxyl groups is 1. The Morgan fingerprint density at radius 3 is 2.69 bits per heavy atom. The van der Waals surface area contributed by atoms with Gasteiger partial charge in [0.2, 0.25) is 0 Å². The number of aliphatic hydroxyl groups is 1. The van der Waals surface area contributed by atoms with Crippen LogP contribution in [0.4, 0.5) is 0 Å². The Labute approximate surface area is 81.8 Å². The van der Waals surface area contributed by atoms with Crippen LogP contribution in [0.2, 0.25) is 5.02 Å². The third kappa shape index (κ3) is 2.59. The maximum Gasteiger partial charge on any atom is 0.117 e. The van der Waals surface area contributed by atoms with E-state index in [1.807, 2.05) is 0 Å². The first-order valence-electron chi connectivity index (χ1n) is 4.01. The van der Waals surface area contributed by atoms with Crippen LogP contribution in [0.1, 0.15) is 18.1 Å². The lowest BCUT2D eigenvalue weighted by Crippen LogP contribution is -2.06. The van der Waals surface area contributed by atoms with Crippen molar-refractivity contribution in [2.45, 2.75) is 12.5 Å². The summed E-state index contributed by atoms with van der Waals surface area (Å²) in [5.74, 6) is 0.0914. The molecule has 0 unspecified atom stereocenters. The first kappa shape index (κ1) is 10.3. The molecule has 72 valence electrons. The third-order valence-corrected chi connectivity index (χ3v) is 2.11. The molecule has 13 heavy (non-hydrogen) atoms. The van der Waals surface area contributed by atoms with Crippen molar-refractivity contribution in [2.24, 2.45) is 5.73 Å². The summed E-state index contributed by atoms with van der Waals surface area (Å²) in [5, 5.41) is 19.0. The molecule has 1 rings (SSSR count). The van der Waals surface area contributed by atoms with E-state index in [1.165, 1.54) is 12.1 Å². The van der Waals surface area contributed by atoms with Crippen LogP contribution in [-0.4, -0.2) is 16.8 Å². The van der Waals surface area contributed by atoms with Gasteiger partial charge in [-0.3, -0.25) is 0 Å². The highest BCUT2D eigenvalue weighted by Gasteiger charge is 2.10. The van der Waals surface area contributed by atoms with Crippen molar-refractivity contribution in [1.82, 2.24) is 0 Å². The molecule has 0 bridgehead atoms. The second-order valence-electron chi connectivity index (χ2n) is 2.80. The maximum absolute atomic E-state index is 9.55. The molecular weight excluding hydrogens is 190 g/mol. The lowest BCUT2D eigenvalue weighted by molar-refractivity contribution is 0.170. The monoisotopic (exact) mass is 201 g/mol. The second-order valence-corrected chi connectivity index (χ2v) is 3.21. The molecule has 0 aromatic heterocycles. The van der Waals surface area contributed by atoms with Crippen LogP contribution in [0.5, 0.6) is 5.75 Å². The van der Waals surface area contributed by atoms with Gasteiger partial charge in [0, 0.05) is 0 Å². The summed E-state index contributed by atoms with van der Waals surface area (Å²) in [5.41, 5.74) is 5.90. The number of phenols is 1. The SMILES string of the molecule is NCC[C@@H](O)c1ccc(O)cc1Cl. The van der Waals surface area contributed by atoms with E-state index in [0.29, 0.717) is 23.6 Å². The Hall–Kier alpha value is -0.770. The molecule has 0 heterocycles. The zero-order valence-corrected chi connectivity index (χ0v) is 7.83. The highest BCUT2D eigenvalue weighted by Crippen LogP contribution is 2.27. The minimum absolute atomic E-state index is 0.0914. The van der Waals surface area contributed by atoms with Gasteiger partial charge in [-0.25, -0.2) is 0 Å². The van der Waals surface area contributed by atoms with Crippen LogP contribution in [-0.2, 0) is 0 Å². The Morgan fingerprint density at radius 1 is 1.46 bits per heavy atom. The van der Waals surface area contributed by atoms with Gasteiger partial charge in [-0.05, 0) is 30.7 Å². The van der Waals surface area contributed by atoms with E-state index in [4.69, 9.17) is 22.4 Å². The standard InChI is InChI=1S/C9H12ClNO2/c10-8-5-6(12)1-2-7(8)9(13)3-4-11/h1-2,5,9,12-13H,3-4,11H2/t9-/m1/s1. The fourth-order valence-electron chi connectivity index (χ4n) is 1.10. The maximum atomic E-state index is 9.55. The largest absolute Gasteiger partial charge is 0.508 e. The molecule has 1 atom stereocenters. The summed E-state index contributed by atoms with van der Waals surface area (Å²) in [4.78, 5) is 0. The van der Waals surface area contributed by atoms with Crippen LogP contribution in [0.15, 0.2) is 18.2 Å². The fraction of sp³-hybridized carbons (Fsp3) is 0.333. The second kappa shape index (κ2) is 4.46. The van der Waals surface area contributed by atoms with Crippen LogP contribution in [0, 0.1) is 0 Å². The van der Waals surface area contributed by atoms with Crippen molar-refractivity contribution in [2.75, 3.05) is 6.54 Å². The molecule has 0 aliphatic rings. The van der Waals surface area contributed by atoms with E-state index in [-0.39, 0.29) is 5.75 Å². The van der Waals surface area contributed by atoms with E-state index >= 15 is 0 Å². The Bertz CT molecular complexity index is 291.